The van der Waals surface area contributed by atoms with Gasteiger partial charge in [-0.15, -0.1) is 0 Å². The van der Waals surface area contributed by atoms with Crippen molar-refractivity contribution in [1.82, 2.24) is 0 Å². The first-order valence-corrected chi connectivity index (χ1v) is 10.5. The summed E-state index contributed by atoms with van der Waals surface area (Å²) < 4.78 is 11.4. The van der Waals surface area contributed by atoms with Crippen LogP contribution in [0.5, 0.6) is 11.5 Å². The van der Waals surface area contributed by atoms with Gasteiger partial charge in [0.1, 0.15) is 6.61 Å². The van der Waals surface area contributed by atoms with Gasteiger partial charge >= 0.3 is 0 Å². The fourth-order valence-corrected chi connectivity index (χ4v) is 3.49. The molecule has 0 spiro atoms. The topological polar surface area (TPSA) is 68.2 Å². The summed E-state index contributed by atoms with van der Waals surface area (Å²) in [4.78, 5) is 24.5. The van der Waals surface area contributed by atoms with E-state index >= 15 is 0 Å². The molecular weight excluding hydrogens is 416 g/mol. The maximum Gasteiger partial charge on any atom is 0.280 e. The Morgan fingerprint density at radius 2 is 1.73 bits per heavy atom. The highest BCUT2D eigenvalue weighted by Crippen LogP contribution is 2.31. The minimum absolute atomic E-state index is 0.0280. The molecule has 4 rings (SSSR count). The second-order valence-electron chi connectivity index (χ2n) is 7.65. The van der Waals surface area contributed by atoms with Gasteiger partial charge in [0.2, 0.25) is 0 Å². The van der Waals surface area contributed by atoms with Crippen LogP contribution in [0.25, 0.3) is 6.08 Å². The Bertz CT molecular complexity index is 1240. The van der Waals surface area contributed by atoms with Crippen LogP contribution in [-0.4, -0.2) is 24.5 Å². The van der Waals surface area contributed by atoms with Crippen molar-refractivity contribution < 1.29 is 19.1 Å². The molecule has 6 nitrogen and oxygen atoms in total. The predicted octanol–water partition coefficient (Wildman–Crippen LogP) is 5.28. The van der Waals surface area contributed by atoms with E-state index in [0.29, 0.717) is 40.6 Å². The molecule has 33 heavy (non-hydrogen) atoms. The van der Waals surface area contributed by atoms with Gasteiger partial charge in [0.25, 0.3) is 5.91 Å². The van der Waals surface area contributed by atoms with Crippen LogP contribution in [0.15, 0.2) is 83.5 Å². The Balaban J connectivity index is 1.53. The first-order chi connectivity index (χ1) is 16.0. The third-order valence-corrected chi connectivity index (χ3v) is 5.32. The molecule has 0 aromatic heterocycles. The highest BCUT2D eigenvalue weighted by molar-refractivity contribution is 6.32. The minimum Gasteiger partial charge on any atom is -0.493 e. The summed E-state index contributed by atoms with van der Waals surface area (Å²) in [7, 11) is 1.58. The summed E-state index contributed by atoms with van der Waals surface area (Å²) in [6.45, 7) is 3.73. The summed E-state index contributed by atoms with van der Waals surface area (Å²) in [6, 6.07) is 22.3. The number of rotatable bonds is 7. The Kier molecular flexibility index (Phi) is 6.36. The number of hydrogen-bond donors (Lipinski definition) is 0. The second kappa shape index (κ2) is 9.53. The molecule has 0 unspecified atom stereocenters. The van der Waals surface area contributed by atoms with Gasteiger partial charge < -0.3 is 9.47 Å². The van der Waals surface area contributed by atoms with Gasteiger partial charge in [0, 0.05) is 5.56 Å². The number of amides is 1. The normalized spacial score (nSPS) is 14.4. The lowest BCUT2D eigenvalue weighted by atomic mass is 10.1. The average molecular weight is 440 g/mol. The van der Waals surface area contributed by atoms with Crippen molar-refractivity contribution in [3.8, 4) is 11.5 Å². The van der Waals surface area contributed by atoms with E-state index in [4.69, 9.17) is 9.47 Å². The Morgan fingerprint density at radius 3 is 2.39 bits per heavy atom. The number of carbonyl (C=O) groups excluding carboxylic acids is 2. The highest BCUT2D eigenvalue weighted by atomic mass is 16.5. The van der Waals surface area contributed by atoms with Crippen LogP contribution in [0.4, 0.5) is 5.69 Å². The van der Waals surface area contributed by atoms with Gasteiger partial charge in [-0.25, -0.2) is 0 Å². The first-order valence-electron chi connectivity index (χ1n) is 10.5. The molecule has 0 N–H and O–H groups in total. The summed E-state index contributed by atoms with van der Waals surface area (Å²) in [5.41, 5.74) is 4.15. The number of benzene rings is 3. The van der Waals surface area contributed by atoms with E-state index in [1.165, 1.54) is 11.9 Å². The monoisotopic (exact) mass is 440 g/mol. The van der Waals surface area contributed by atoms with Crippen LogP contribution >= 0.6 is 0 Å². The smallest absolute Gasteiger partial charge is 0.280 e. The highest BCUT2D eigenvalue weighted by Gasteiger charge is 2.28. The first kappa shape index (κ1) is 22.0. The van der Waals surface area contributed by atoms with Crippen molar-refractivity contribution >= 4 is 29.2 Å². The van der Waals surface area contributed by atoms with E-state index in [2.05, 4.69) is 5.10 Å². The molecule has 1 heterocycles. The lowest BCUT2D eigenvalue weighted by Crippen LogP contribution is -2.21. The predicted molar refractivity (Wildman–Crippen MR) is 129 cm³/mol. The summed E-state index contributed by atoms with van der Waals surface area (Å²) >= 11 is 0. The minimum atomic E-state index is -0.230. The van der Waals surface area contributed by atoms with E-state index in [1.807, 2.05) is 48.5 Å². The molecule has 0 saturated carbocycles. The van der Waals surface area contributed by atoms with Crippen molar-refractivity contribution in [2.45, 2.75) is 20.5 Å². The number of hydrazone groups is 1. The van der Waals surface area contributed by atoms with Crippen molar-refractivity contribution in [1.29, 1.82) is 0 Å². The van der Waals surface area contributed by atoms with Crippen LogP contribution in [0.2, 0.25) is 0 Å². The van der Waals surface area contributed by atoms with E-state index in [9.17, 15) is 9.59 Å². The maximum absolute atomic E-state index is 13.0. The molecule has 0 fully saturated rings. The van der Waals surface area contributed by atoms with Gasteiger partial charge in [-0.3, -0.25) is 9.59 Å². The Morgan fingerprint density at radius 1 is 1.00 bits per heavy atom. The number of ether oxygens (including phenoxy) is 2. The van der Waals surface area contributed by atoms with Crippen molar-refractivity contribution in [3.63, 3.8) is 0 Å². The van der Waals surface area contributed by atoms with Gasteiger partial charge in [0.05, 0.1) is 24.1 Å². The number of nitrogens with zero attached hydrogens (tertiary/aromatic N) is 2. The quantitative estimate of drug-likeness (QED) is 0.370. The third kappa shape index (κ3) is 4.85. The summed E-state index contributed by atoms with van der Waals surface area (Å²) in [5.74, 6) is 0.946. The standard InChI is InChI=1S/C27H24N2O4/c1-18-24(27(31)29(28-18)23-12-10-22(11-13-23)19(2)30)15-21-9-14-25(26(16-21)32-3)33-17-20-7-5-4-6-8-20/h4-16H,17H2,1-3H3/b24-15+. The molecular formula is C27H24N2O4. The number of ketones is 1. The molecule has 3 aromatic rings. The average Bonchev–Trinajstić information content (AvgIpc) is 3.12. The Hall–Kier alpha value is -4.19. The van der Waals surface area contributed by atoms with Crippen molar-refractivity contribution in [2.24, 2.45) is 5.10 Å². The molecule has 6 heteroatoms. The zero-order chi connectivity index (χ0) is 23.4. The van der Waals surface area contributed by atoms with Gasteiger partial charge in [-0.05, 0) is 67.4 Å². The van der Waals surface area contributed by atoms with E-state index in [-0.39, 0.29) is 11.7 Å². The number of methoxy groups -OCH3 is 1. The number of Topliss-reactive ketones (excluding diaryl/α,β-unsaturated/α-hetero) is 1. The molecule has 0 radical (unpaired) electrons. The lowest BCUT2D eigenvalue weighted by Gasteiger charge is -2.13. The second-order valence-corrected chi connectivity index (χ2v) is 7.65. The zero-order valence-corrected chi connectivity index (χ0v) is 18.7. The van der Waals surface area contributed by atoms with Gasteiger partial charge in [-0.2, -0.15) is 10.1 Å². The van der Waals surface area contributed by atoms with Gasteiger partial charge in [0.15, 0.2) is 17.3 Å². The molecule has 3 aromatic carbocycles. The van der Waals surface area contributed by atoms with Crippen LogP contribution in [0.1, 0.15) is 35.3 Å². The molecule has 0 atom stereocenters. The van der Waals surface area contributed by atoms with E-state index < -0.39 is 0 Å². The fourth-order valence-electron chi connectivity index (χ4n) is 3.49. The molecule has 0 bridgehead atoms. The van der Waals surface area contributed by atoms with Crippen molar-refractivity contribution in [3.05, 3.63) is 95.1 Å². The Labute approximate surface area is 192 Å². The molecule has 1 aliphatic heterocycles. The van der Waals surface area contributed by atoms with E-state index in [0.717, 1.165) is 11.1 Å². The number of anilines is 1. The fraction of sp³-hybridized carbons (Fsp3) is 0.148. The molecule has 0 aliphatic carbocycles. The van der Waals surface area contributed by atoms with Crippen LogP contribution in [0, 0.1) is 0 Å². The SMILES string of the molecule is COc1cc(/C=C2/C(=O)N(c3ccc(C(C)=O)cc3)N=C2C)ccc1OCc1ccccc1. The summed E-state index contributed by atoms with van der Waals surface area (Å²) in [5, 5.41) is 5.75. The molecule has 1 aliphatic rings. The lowest BCUT2D eigenvalue weighted by molar-refractivity contribution is -0.114. The number of hydrogen-bond acceptors (Lipinski definition) is 5. The van der Waals surface area contributed by atoms with Crippen LogP contribution in [0.3, 0.4) is 0 Å². The molecule has 1 amide bonds. The maximum atomic E-state index is 13.0. The van der Waals surface area contributed by atoms with Crippen LogP contribution < -0.4 is 14.5 Å². The van der Waals surface area contributed by atoms with Crippen molar-refractivity contribution in [2.75, 3.05) is 12.1 Å². The van der Waals surface area contributed by atoms with Gasteiger partial charge in [-0.1, -0.05) is 36.4 Å². The largest absolute Gasteiger partial charge is 0.493 e. The van der Waals surface area contributed by atoms with Crippen LogP contribution in [-0.2, 0) is 11.4 Å². The summed E-state index contributed by atoms with van der Waals surface area (Å²) in [6.07, 6.45) is 1.79. The number of carbonyl (C=O) groups is 2. The zero-order valence-electron chi connectivity index (χ0n) is 18.7. The molecule has 166 valence electrons. The van der Waals surface area contributed by atoms with E-state index in [1.54, 1.807) is 44.4 Å². The molecule has 0 saturated heterocycles. The third-order valence-electron chi connectivity index (χ3n) is 5.32.